The van der Waals surface area contributed by atoms with Crippen molar-refractivity contribution in [1.82, 2.24) is 4.37 Å². The number of nitrogens with two attached hydrogens (primary N) is 1. The summed E-state index contributed by atoms with van der Waals surface area (Å²) < 4.78 is 3.58. The minimum absolute atomic E-state index is 0.106. The zero-order valence-corrected chi connectivity index (χ0v) is 5.18. The molecule has 1 aromatic rings. The van der Waals surface area contributed by atoms with Crippen LogP contribution in [-0.4, -0.2) is 15.4 Å². The zero-order chi connectivity index (χ0) is 6.85. The maximum absolute atomic E-state index is 10.2. The molecule has 1 rings (SSSR count). The second-order valence-corrected chi connectivity index (χ2v) is 2.22. The average Bonchev–Trinajstić information content (AvgIpc) is 2.13. The molecule has 1 aromatic heterocycles. The van der Waals surface area contributed by atoms with Crippen molar-refractivity contribution in [3.63, 3.8) is 0 Å². The lowest BCUT2D eigenvalue weighted by Crippen LogP contribution is -1.96. The molecule has 9 heavy (non-hydrogen) atoms. The first kappa shape index (κ1) is 6.03. The molecule has 0 amide bonds. The predicted octanol–water partition coefficient (Wildman–Crippen LogP) is 0.424. The highest BCUT2D eigenvalue weighted by molar-refractivity contribution is 7.08. The lowest BCUT2D eigenvalue weighted by molar-refractivity contribution is 0.0703. The summed E-state index contributed by atoms with van der Waals surface area (Å²) in [6.45, 7) is 0. The Kier molecular flexibility index (Phi) is 1.35. The topological polar surface area (TPSA) is 76.2 Å². The van der Waals surface area contributed by atoms with Crippen LogP contribution < -0.4 is 5.73 Å². The van der Waals surface area contributed by atoms with E-state index in [2.05, 4.69) is 4.37 Å². The van der Waals surface area contributed by atoms with Crippen molar-refractivity contribution in [2.45, 2.75) is 0 Å². The van der Waals surface area contributed by atoms with Crippen LogP contribution in [0.15, 0.2) is 6.20 Å². The Balaban J connectivity index is 3.08. The van der Waals surface area contributed by atoms with Crippen LogP contribution in [0.1, 0.15) is 9.67 Å². The third-order valence-corrected chi connectivity index (χ3v) is 1.60. The number of rotatable bonds is 1. The summed E-state index contributed by atoms with van der Waals surface area (Å²) in [4.78, 5) is 10.3. The molecule has 3 N–H and O–H groups in total. The van der Waals surface area contributed by atoms with Crippen molar-refractivity contribution in [3.05, 3.63) is 11.1 Å². The summed E-state index contributed by atoms with van der Waals surface area (Å²) in [6, 6.07) is 0. The Morgan fingerprint density at radius 2 is 2.56 bits per heavy atom. The SMILES string of the molecule is Nc1cnsc1C(=O)O. The van der Waals surface area contributed by atoms with Gasteiger partial charge in [-0.1, -0.05) is 0 Å². The van der Waals surface area contributed by atoms with Gasteiger partial charge in [-0.3, -0.25) is 0 Å². The van der Waals surface area contributed by atoms with Gasteiger partial charge >= 0.3 is 5.97 Å². The summed E-state index contributed by atoms with van der Waals surface area (Å²) in [7, 11) is 0. The Bertz CT molecular complexity index is 232. The van der Waals surface area contributed by atoms with E-state index in [-0.39, 0.29) is 10.6 Å². The lowest BCUT2D eigenvalue weighted by atomic mass is 10.4. The van der Waals surface area contributed by atoms with Gasteiger partial charge in [0.15, 0.2) is 4.88 Å². The molecule has 0 bridgehead atoms. The Hall–Kier alpha value is -1.10. The van der Waals surface area contributed by atoms with E-state index < -0.39 is 5.97 Å². The van der Waals surface area contributed by atoms with E-state index in [4.69, 9.17) is 10.8 Å². The van der Waals surface area contributed by atoms with E-state index in [1.165, 1.54) is 6.20 Å². The Labute approximate surface area is 55.1 Å². The van der Waals surface area contributed by atoms with Gasteiger partial charge < -0.3 is 10.8 Å². The average molecular weight is 144 g/mol. The molecule has 0 aliphatic carbocycles. The second kappa shape index (κ2) is 2.02. The molecular weight excluding hydrogens is 140 g/mol. The van der Waals surface area contributed by atoms with Gasteiger partial charge in [0, 0.05) is 0 Å². The maximum Gasteiger partial charge on any atom is 0.349 e. The predicted molar refractivity (Wildman–Crippen MR) is 33.5 cm³/mol. The molecule has 0 atom stereocenters. The quantitative estimate of drug-likeness (QED) is 0.599. The Morgan fingerprint density at radius 3 is 2.78 bits per heavy atom. The molecule has 5 heteroatoms. The van der Waals surface area contributed by atoms with Crippen molar-refractivity contribution >= 4 is 23.2 Å². The summed E-state index contributed by atoms with van der Waals surface area (Å²) in [6.07, 6.45) is 1.33. The van der Waals surface area contributed by atoms with E-state index >= 15 is 0 Å². The first-order valence-electron chi connectivity index (χ1n) is 2.15. The fourth-order valence-corrected chi connectivity index (χ4v) is 0.918. The summed E-state index contributed by atoms with van der Waals surface area (Å²) >= 11 is 0.883. The lowest BCUT2D eigenvalue weighted by Gasteiger charge is -1.84. The molecule has 0 aliphatic heterocycles. The van der Waals surface area contributed by atoms with Gasteiger partial charge in [0.25, 0.3) is 0 Å². The minimum atomic E-state index is -1.02. The molecule has 0 aliphatic rings. The number of anilines is 1. The number of nitrogens with zero attached hydrogens (tertiary/aromatic N) is 1. The van der Waals surface area contributed by atoms with Crippen LogP contribution in [0.4, 0.5) is 5.69 Å². The van der Waals surface area contributed by atoms with Crippen molar-refractivity contribution in [1.29, 1.82) is 0 Å². The number of carboxylic acid groups (broad SMARTS) is 1. The van der Waals surface area contributed by atoms with E-state index in [1.54, 1.807) is 0 Å². The molecule has 48 valence electrons. The highest BCUT2D eigenvalue weighted by atomic mass is 32.1. The molecule has 0 aromatic carbocycles. The van der Waals surface area contributed by atoms with Crippen LogP contribution in [0.25, 0.3) is 0 Å². The molecule has 0 fully saturated rings. The van der Waals surface area contributed by atoms with Gasteiger partial charge in [-0.2, -0.15) is 4.37 Å². The number of aromatic nitrogens is 1. The van der Waals surface area contributed by atoms with E-state index in [0.717, 1.165) is 11.5 Å². The van der Waals surface area contributed by atoms with Crippen LogP contribution in [-0.2, 0) is 0 Å². The number of nitrogen functional groups attached to an aromatic ring is 1. The molecule has 0 saturated heterocycles. The minimum Gasteiger partial charge on any atom is -0.477 e. The molecule has 0 saturated carbocycles. The summed E-state index contributed by atoms with van der Waals surface area (Å²) in [5, 5.41) is 8.34. The molecule has 4 nitrogen and oxygen atoms in total. The number of carbonyl (C=O) groups is 1. The van der Waals surface area contributed by atoms with Gasteiger partial charge in [0.05, 0.1) is 11.9 Å². The van der Waals surface area contributed by atoms with Crippen LogP contribution in [0.5, 0.6) is 0 Å². The van der Waals surface area contributed by atoms with E-state index in [9.17, 15) is 4.79 Å². The van der Waals surface area contributed by atoms with Crippen LogP contribution in [0.2, 0.25) is 0 Å². The third-order valence-electron chi connectivity index (χ3n) is 0.792. The van der Waals surface area contributed by atoms with Gasteiger partial charge in [-0.15, -0.1) is 0 Å². The van der Waals surface area contributed by atoms with Crippen molar-refractivity contribution in [2.24, 2.45) is 0 Å². The maximum atomic E-state index is 10.2. The van der Waals surface area contributed by atoms with E-state index in [0.29, 0.717) is 0 Å². The number of aromatic carboxylic acids is 1. The number of carboxylic acids is 1. The molecule has 0 unspecified atom stereocenters. The van der Waals surface area contributed by atoms with Crippen LogP contribution in [0, 0.1) is 0 Å². The Morgan fingerprint density at radius 1 is 1.89 bits per heavy atom. The van der Waals surface area contributed by atoms with Crippen molar-refractivity contribution < 1.29 is 9.90 Å². The standard InChI is InChI=1S/C4H4N2O2S/c5-2-1-6-9-3(2)4(7)8/h1H,5H2,(H,7,8). The highest BCUT2D eigenvalue weighted by Gasteiger charge is 2.08. The van der Waals surface area contributed by atoms with Crippen LogP contribution in [0.3, 0.4) is 0 Å². The fourth-order valence-electron chi connectivity index (χ4n) is 0.410. The van der Waals surface area contributed by atoms with Gasteiger partial charge in [0.1, 0.15) is 0 Å². The number of hydrogen-bond donors (Lipinski definition) is 2. The van der Waals surface area contributed by atoms with Gasteiger partial charge in [-0.25, -0.2) is 4.79 Å². The summed E-state index contributed by atoms with van der Waals surface area (Å²) in [5.74, 6) is -1.02. The van der Waals surface area contributed by atoms with E-state index in [1.807, 2.05) is 0 Å². The monoisotopic (exact) mass is 144 g/mol. The summed E-state index contributed by atoms with van der Waals surface area (Å²) in [5.41, 5.74) is 5.44. The smallest absolute Gasteiger partial charge is 0.349 e. The number of hydrogen-bond acceptors (Lipinski definition) is 4. The molecule has 0 spiro atoms. The van der Waals surface area contributed by atoms with Crippen molar-refractivity contribution in [2.75, 3.05) is 5.73 Å². The molecule has 0 radical (unpaired) electrons. The largest absolute Gasteiger partial charge is 0.477 e. The third kappa shape index (κ3) is 0.996. The normalized spacial score (nSPS) is 9.33. The first-order chi connectivity index (χ1) is 4.22. The van der Waals surface area contributed by atoms with Crippen molar-refractivity contribution in [3.8, 4) is 0 Å². The highest BCUT2D eigenvalue weighted by Crippen LogP contribution is 2.14. The molecular formula is C4H4N2O2S. The fraction of sp³-hybridized carbons (Fsp3) is 0. The zero-order valence-electron chi connectivity index (χ0n) is 4.37. The van der Waals surface area contributed by atoms with Gasteiger partial charge in [-0.05, 0) is 11.5 Å². The molecule has 1 heterocycles. The van der Waals surface area contributed by atoms with Gasteiger partial charge in [0.2, 0.25) is 0 Å². The second-order valence-electron chi connectivity index (χ2n) is 1.42. The van der Waals surface area contributed by atoms with Crippen LogP contribution >= 0.6 is 11.5 Å². The first-order valence-corrected chi connectivity index (χ1v) is 2.92.